The molecule has 1 rings (SSSR count). The molecular formula is C25H38F2O7S. The Balaban J connectivity index is 3.07. The molecule has 1 unspecified atom stereocenters. The van der Waals surface area contributed by atoms with Crippen molar-refractivity contribution in [2.45, 2.75) is 84.2 Å². The van der Waals surface area contributed by atoms with E-state index in [-0.39, 0.29) is 25.2 Å². The lowest BCUT2D eigenvalue weighted by Crippen LogP contribution is -2.45. The predicted octanol–water partition coefficient (Wildman–Crippen LogP) is 4.15. The first-order chi connectivity index (χ1) is 15.7. The van der Waals surface area contributed by atoms with Crippen LogP contribution in [0.15, 0.2) is 24.3 Å². The van der Waals surface area contributed by atoms with Crippen molar-refractivity contribution in [3.8, 4) is 0 Å². The van der Waals surface area contributed by atoms with E-state index in [4.69, 9.17) is 9.84 Å². The van der Waals surface area contributed by atoms with Gasteiger partial charge in [-0.2, -0.15) is 0 Å². The quantitative estimate of drug-likeness (QED) is 0.375. The van der Waals surface area contributed by atoms with Gasteiger partial charge < -0.3 is 14.9 Å². The molecule has 0 saturated heterocycles. The smallest absolute Gasteiger partial charge is 0.313 e. The number of aliphatic hydroxyl groups excluding tert-OH is 1. The maximum absolute atomic E-state index is 14.9. The molecule has 35 heavy (non-hydrogen) atoms. The number of ether oxygens (including phenoxy) is 1. The Morgan fingerprint density at radius 2 is 1.63 bits per heavy atom. The normalized spacial score (nSPS) is 14.9. The van der Waals surface area contributed by atoms with Crippen LogP contribution in [0.2, 0.25) is 0 Å². The van der Waals surface area contributed by atoms with Crippen molar-refractivity contribution in [1.29, 1.82) is 0 Å². The van der Waals surface area contributed by atoms with Gasteiger partial charge in [0, 0.05) is 11.8 Å². The third-order valence-electron chi connectivity index (χ3n) is 6.12. The lowest BCUT2D eigenvalue weighted by atomic mass is 9.72. The molecule has 0 amide bonds. The molecule has 0 bridgehead atoms. The number of rotatable bonds is 13. The molecule has 0 spiro atoms. The molecule has 0 aliphatic carbocycles. The monoisotopic (exact) mass is 520 g/mol. The van der Waals surface area contributed by atoms with Crippen LogP contribution in [0.3, 0.4) is 0 Å². The lowest BCUT2D eigenvalue weighted by molar-refractivity contribution is -0.154. The summed E-state index contributed by atoms with van der Waals surface area (Å²) in [5, 5.41) is 18.8. The fourth-order valence-electron chi connectivity index (χ4n) is 3.51. The van der Waals surface area contributed by atoms with E-state index in [1.54, 1.807) is 45.0 Å². The first-order valence-corrected chi connectivity index (χ1v) is 13.3. The molecule has 0 aliphatic rings. The van der Waals surface area contributed by atoms with Gasteiger partial charge in [-0.05, 0) is 58.1 Å². The molecule has 0 fully saturated rings. The van der Waals surface area contributed by atoms with Gasteiger partial charge in [0.2, 0.25) is 0 Å². The van der Waals surface area contributed by atoms with Crippen LogP contribution in [-0.2, 0) is 36.0 Å². The number of carbonyl (C=O) groups excluding carboxylic acids is 1. The fraction of sp³-hybridized carbons (Fsp3) is 0.680. The summed E-state index contributed by atoms with van der Waals surface area (Å²) in [5.74, 6) is -7.40. The van der Waals surface area contributed by atoms with Crippen LogP contribution in [0, 0.1) is 5.41 Å². The molecule has 0 heterocycles. The first-order valence-electron chi connectivity index (χ1n) is 11.5. The number of carbonyl (C=O) groups is 2. The Labute approximate surface area is 206 Å². The number of hydrogen-bond acceptors (Lipinski definition) is 6. The molecule has 1 atom stereocenters. The first kappa shape index (κ1) is 31.0. The molecule has 0 aliphatic heterocycles. The molecule has 0 aromatic heterocycles. The topological polar surface area (TPSA) is 118 Å². The zero-order chi connectivity index (χ0) is 27.3. The van der Waals surface area contributed by atoms with Crippen molar-refractivity contribution in [2.24, 2.45) is 5.41 Å². The van der Waals surface area contributed by atoms with E-state index in [1.807, 2.05) is 0 Å². The van der Waals surface area contributed by atoms with E-state index in [9.17, 15) is 31.9 Å². The van der Waals surface area contributed by atoms with Crippen molar-refractivity contribution in [2.75, 3.05) is 18.1 Å². The van der Waals surface area contributed by atoms with Gasteiger partial charge in [0.05, 0.1) is 17.8 Å². The van der Waals surface area contributed by atoms with Gasteiger partial charge in [-0.15, -0.1) is 0 Å². The van der Waals surface area contributed by atoms with Gasteiger partial charge in [-0.1, -0.05) is 38.1 Å². The van der Waals surface area contributed by atoms with E-state index < -0.39 is 56.3 Å². The highest BCUT2D eigenvalue weighted by Gasteiger charge is 2.50. The number of sulfone groups is 1. The molecular weight excluding hydrogens is 482 g/mol. The number of halogens is 2. The Morgan fingerprint density at radius 1 is 1.03 bits per heavy atom. The van der Waals surface area contributed by atoms with Crippen LogP contribution in [0.25, 0.3) is 0 Å². The minimum Gasteiger partial charge on any atom is -0.481 e. The Morgan fingerprint density at radius 3 is 2.14 bits per heavy atom. The molecule has 1 aromatic carbocycles. The van der Waals surface area contributed by atoms with Gasteiger partial charge in [-0.25, -0.2) is 17.2 Å². The van der Waals surface area contributed by atoms with Crippen LogP contribution in [0.5, 0.6) is 0 Å². The Bertz CT molecular complexity index is 997. The highest BCUT2D eigenvalue weighted by Crippen LogP contribution is 2.44. The highest BCUT2D eigenvalue weighted by atomic mass is 32.2. The number of aliphatic hydroxyl groups is 1. The van der Waals surface area contributed by atoms with Crippen molar-refractivity contribution < 1.29 is 41.7 Å². The number of aliphatic carboxylic acids is 1. The van der Waals surface area contributed by atoms with Crippen molar-refractivity contribution in [3.63, 3.8) is 0 Å². The third-order valence-corrected chi connectivity index (χ3v) is 7.72. The van der Waals surface area contributed by atoms with Gasteiger partial charge in [0.15, 0.2) is 9.84 Å². The summed E-state index contributed by atoms with van der Waals surface area (Å²) < 4.78 is 58.9. The maximum Gasteiger partial charge on any atom is 0.313 e. The maximum atomic E-state index is 14.9. The van der Waals surface area contributed by atoms with E-state index in [2.05, 4.69) is 0 Å². The summed E-state index contributed by atoms with van der Waals surface area (Å²) in [5.41, 5.74) is -2.84. The summed E-state index contributed by atoms with van der Waals surface area (Å²) >= 11 is 0. The molecule has 2 N–H and O–H groups in total. The van der Waals surface area contributed by atoms with E-state index >= 15 is 0 Å². The van der Waals surface area contributed by atoms with E-state index in [1.165, 1.54) is 20.8 Å². The van der Waals surface area contributed by atoms with Crippen molar-refractivity contribution in [3.05, 3.63) is 35.4 Å². The number of hydrogen-bond donors (Lipinski definition) is 2. The van der Waals surface area contributed by atoms with E-state index in [0.29, 0.717) is 17.5 Å². The molecule has 1 aromatic rings. The van der Waals surface area contributed by atoms with Crippen LogP contribution >= 0.6 is 0 Å². The lowest BCUT2D eigenvalue weighted by Gasteiger charge is -2.37. The van der Waals surface area contributed by atoms with Crippen molar-refractivity contribution >= 4 is 21.8 Å². The number of carboxylic acids is 1. The number of benzene rings is 1. The summed E-state index contributed by atoms with van der Waals surface area (Å²) in [6.07, 6.45) is -0.00309. The minimum atomic E-state index is -4.18. The molecule has 0 radical (unpaired) electrons. The second kappa shape index (κ2) is 11.3. The average molecular weight is 521 g/mol. The van der Waals surface area contributed by atoms with E-state index in [0.717, 1.165) is 0 Å². The van der Waals surface area contributed by atoms with Gasteiger partial charge in [-0.3, -0.25) is 9.59 Å². The highest BCUT2D eigenvalue weighted by molar-refractivity contribution is 7.91. The number of carboxylic acid groups (broad SMARTS) is 1. The zero-order valence-corrected chi connectivity index (χ0v) is 22.2. The molecule has 10 heteroatoms. The van der Waals surface area contributed by atoms with Crippen molar-refractivity contribution in [1.82, 2.24) is 0 Å². The molecule has 0 saturated carbocycles. The van der Waals surface area contributed by atoms with Gasteiger partial charge in [0.25, 0.3) is 5.92 Å². The SMILES string of the molecule is CC(C)(C)OC(=O)CCc1cccc(C(C)(CCC(C)(C)C(F)(F)CS(=O)(=O)CCO)C(=O)O)c1. The predicted molar refractivity (Wildman–Crippen MR) is 129 cm³/mol. The van der Waals surface area contributed by atoms with Crippen LogP contribution in [0.1, 0.15) is 71.9 Å². The zero-order valence-electron chi connectivity index (χ0n) is 21.4. The average Bonchev–Trinajstić information content (AvgIpc) is 2.68. The number of esters is 1. The number of alkyl halides is 2. The fourth-order valence-corrected chi connectivity index (χ4v) is 4.88. The third kappa shape index (κ3) is 9.14. The van der Waals surface area contributed by atoms with Crippen LogP contribution in [-0.4, -0.2) is 60.2 Å². The number of aryl methyl sites for hydroxylation is 1. The second-order valence-electron chi connectivity index (χ2n) is 10.8. The van der Waals surface area contributed by atoms with Crippen LogP contribution in [0.4, 0.5) is 8.78 Å². The summed E-state index contributed by atoms with van der Waals surface area (Å²) in [4.78, 5) is 24.3. The Kier molecular flexibility index (Phi) is 10.0. The Hall–Kier alpha value is -2.07. The second-order valence-corrected chi connectivity index (χ2v) is 13.0. The van der Waals surface area contributed by atoms with Gasteiger partial charge in [0.1, 0.15) is 11.4 Å². The summed E-state index contributed by atoms with van der Waals surface area (Å²) in [7, 11) is -4.18. The summed E-state index contributed by atoms with van der Waals surface area (Å²) in [6.45, 7) is 8.39. The minimum absolute atomic E-state index is 0.103. The van der Waals surface area contributed by atoms with Gasteiger partial charge >= 0.3 is 11.9 Å². The largest absolute Gasteiger partial charge is 0.481 e. The molecule has 200 valence electrons. The summed E-state index contributed by atoms with van der Waals surface area (Å²) in [6, 6.07) is 6.65. The molecule has 7 nitrogen and oxygen atoms in total. The van der Waals surface area contributed by atoms with Crippen LogP contribution < -0.4 is 0 Å². The standard InChI is InChI=1S/C25H38F2O7S/c1-22(2,3)34-20(29)11-10-18-8-7-9-19(16-18)24(6,21(30)31)13-12-23(4,5)25(26,27)17-35(32,33)15-14-28/h7-9,16,28H,10-15,17H2,1-6H3,(H,30,31).